The molecule has 0 aliphatic carbocycles. The Bertz CT molecular complexity index is 729. The third-order valence-corrected chi connectivity index (χ3v) is 3.14. The van der Waals surface area contributed by atoms with E-state index >= 15 is 0 Å². The number of aromatic nitrogens is 1. The van der Waals surface area contributed by atoms with Crippen molar-refractivity contribution in [2.75, 3.05) is 19.5 Å². The molecule has 2 rings (SSSR count). The van der Waals surface area contributed by atoms with E-state index in [2.05, 4.69) is 5.32 Å². The minimum atomic E-state index is -0.681. The summed E-state index contributed by atoms with van der Waals surface area (Å²) in [6, 6.07) is 4.95. The van der Waals surface area contributed by atoms with Crippen molar-refractivity contribution in [3.05, 3.63) is 39.9 Å². The minimum Gasteiger partial charge on any atom is -0.497 e. The molecule has 2 aromatic rings. The average molecular weight is 292 g/mol. The van der Waals surface area contributed by atoms with Gasteiger partial charge < -0.3 is 19.3 Å². The quantitative estimate of drug-likeness (QED) is 0.924. The van der Waals surface area contributed by atoms with Crippen LogP contribution in [0.2, 0.25) is 0 Å². The van der Waals surface area contributed by atoms with Crippen LogP contribution >= 0.6 is 0 Å². The number of nitrogens with one attached hydrogen (secondary N) is 1. The molecule has 1 aromatic carbocycles. The topological polar surface area (TPSA) is 82.7 Å². The fraction of sp³-hybridized carbons (Fsp3) is 0.286. The van der Waals surface area contributed by atoms with Crippen molar-refractivity contribution in [2.24, 2.45) is 7.05 Å². The van der Waals surface area contributed by atoms with Crippen LogP contribution in [-0.4, -0.2) is 24.9 Å². The maximum atomic E-state index is 12.2. The van der Waals surface area contributed by atoms with Crippen molar-refractivity contribution in [1.29, 1.82) is 0 Å². The van der Waals surface area contributed by atoms with Crippen LogP contribution in [0, 0.1) is 6.92 Å². The summed E-state index contributed by atoms with van der Waals surface area (Å²) in [5.74, 6) is 0.478. The molecule has 1 aromatic heterocycles. The predicted molar refractivity (Wildman–Crippen MR) is 76.2 cm³/mol. The van der Waals surface area contributed by atoms with Crippen molar-refractivity contribution >= 4 is 11.6 Å². The Morgan fingerprint density at radius 1 is 1.29 bits per heavy atom. The summed E-state index contributed by atoms with van der Waals surface area (Å²) in [7, 11) is 4.57. The van der Waals surface area contributed by atoms with Gasteiger partial charge in [0.1, 0.15) is 17.1 Å². The third-order valence-electron chi connectivity index (χ3n) is 3.14. The van der Waals surface area contributed by atoms with Crippen molar-refractivity contribution in [3.8, 4) is 11.5 Å². The first kappa shape index (κ1) is 14.7. The average Bonchev–Trinajstić information content (AvgIpc) is 2.72. The minimum absolute atomic E-state index is 0.0321. The van der Waals surface area contributed by atoms with Crippen molar-refractivity contribution < 1.29 is 18.8 Å². The van der Waals surface area contributed by atoms with Crippen molar-refractivity contribution in [1.82, 2.24) is 4.74 Å². The zero-order valence-electron chi connectivity index (χ0n) is 12.2. The van der Waals surface area contributed by atoms with E-state index < -0.39 is 11.5 Å². The molecule has 0 atom stereocenters. The number of amides is 1. The van der Waals surface area contributed by atoms with E-state index in [0.29, 0.717) is 22.9 Å². The zero-order chi connectivity index (χ0) is 15.6. The number of methoxy groups -OCH3 is 2. The summed E-state index contributed by atoms with van der Waals surface area (Å²) < 4.78 is 16.4. The highest BCUT2D eigenvalue weighted by Crippen LogP contribution is 2.29. The lowest BCUT2D eigenvalue weighted by molar-refractivity contribution is 0.102. The molecule has 1 amide bonds. The predicted octanol–water partition coefficient (Wildman–Crippen LogP) is 1.56. The molecule has 0 fully saturated rings. The van der Waals surface area contributed by atoms with E-state index in [1.807, 2.05) is 0 Å². The van der Waals surface area contributed by atoms with Gasteiger partial charge in [-0.15, -0.1) is 0 Å². The van der Waals surface area contributed by atoms with Gasteiger partial charge in [0.15, 0.2) is 0 Å². The second kappa shape index (κ2) is 5.74. The number of hydrogen-bond acceptors (Lipinski definition) is 5. The standard InChI is InChI=1S/C14H16N2O5/c1-8-12(14(18)21-16(8)2)13(17)15-10-6-5-9(19-3)7-11(10)20-4/h5-7H,1-4H3,(H,15,17). The zero-order valence-corrected chi connectivity index (χ0v) is 12.2. The summed E-state index contributed by atoms with van der Waals surface area (Å²) >= 11 is 0. The molecule has 0 saturated heterocycles. The second-order valence-electron chi connectivity index (χ2n) is 4.36. The normalized spacial score (nSPS) is 10.3. The first-order chi connectivity index (χ1) is 9.97. The van der Waals surface area contributed by atoms with Crippen LogP contribution in [0.3, 0.4) is 0 Å². The SMILES string of the molecule is COc1ccc(NC(=O)c2c(C)n(C)oc2=O)c(OC)c1. The molecule has 21 heavy (non-hydrogen) atoms. The van der Waals surface area contributed by atoms with E-state index in [4.69, 9.17) is 14.0 Å². The van der Waals surface area contributed by atoms with Crippen molar-refractivity contribution in [3.63, 3.8) is 0 Å². The lowest BCUT2D eigenvalue weighted by Gasteiger charge is -2.11. The lowest BCUT2D eigenvalue weighted by Crippen LogP contribution is -2.19. The van der Waals surface area contributed by atoms with Gasteiger partial charge in [0.2, 0.25) is 0 Å². The maximum absolute atomic E-state index is 12.2. The first-order valence-corrected chi connectivity index (χ1v) is 6.18. The Hall–Kier alpha value is -2.70. The van der Waals surface area contributed by atoms with Crippen LogP contribution in [0.15, 0.2) is 27.5 Å². The van der Waals surface area contributed by atoms with E-state index in [1.54, 1.807) is 32.2 Å². The maximum Gasteiger partial charge on any atom is 0.370 e. The Kier molecular flexibility index (Phi) is 4.02. The highest BCUT2D eigenvalue weighted by Gasteiger charge is 2.20. The fourth-order valence-corrected chi connectivity index (χ4v) is 1.89. The second-order valence-corrected chi connectivity index (χ2v) is 4.36. The van der Waals surface area contributed by atoms with Crippen LogP contribution in [0.1, 0.15) is 16.1 Å². The molecule has 1 heterocycles. The molecular weight excluding hydrogens is 276 g/mol. The fourth-order valence-electron chi connectivity index (χ4n) is 1.89. The van der Waals surface area contributed by atoms with E-state index in [0.717, 1.165) is 0 Å². The molecule has 0 saturated carbocycles. The van der Waals surface area contributed by atoms with Crippen LogP contribution in [0.4, 0.5) is 5.69 Å². The number of ether oxygens (including phenoxy) is 2. The number of carbonyl (C=O) groups excluding carboxylic acids is 1. The highest BCUT2D eigenvalue weighted by molar-refractivity contribution is 6.05. The molecule has 0 aliphatic rings. The number of carbonyl (C=O) groups is 1. The van der Waals surface area contributed by atoms with Gasteiger partial charge in [-0.25, -0.2) is 9.53 Å². The monoisotopic (exact) mass is 292 g/mol. The van der Waals surface area contributed by atoms with E-state index in [9.17, 15) is 9.59 Å². The number of rotatable bonds is 4. The van der Waals surface area contributed by atoms with Crippen LogP contribution in [0.25, 0.3) is 0 Å². The Labute approximate surface area is 121 Å². The molecule has 0 radical (unpaired) electrons. The Balaban J connectivity index is 2.33. The number of anilines is 1. The van der Waals surface area contributed by atoms with Gasteiger partial charge >= 0.3 is 5.63 Å². The molecule has 1 N–H and O–H groups in total. The molecule has 7 heteroatoms. The summed E-state index contributed by atoms with van der Waals surface area (Å²) in [5, 5.41) is 2.63. The van der Waals surface area contributed by atoms with Gasteiger partial charge in [-0.3, -0.25) is 4.79 Å². The molecule has 0 bridgehead atoms. The molecule has 0 unspecified atom stereocenters. The summed E-state index contributed by atoms with van der Waals surface area (Å²) in [5.41, 5.74) is 0.172. The molecule has 0 spiro atoms. The first-order valence-electron chi connectivity index (χ1n) is 6.18. The van der Waals surface area contributed by atoms with Gasteiger partial charge in [0.05, 0.1) is 25.6 Å². The van der Waals surface area contributed by atoms with Crippen LogP contribution in [0.5, 0.6) is 11.5 Å². The largest absolute Gasteiger partial charge is 0.497 e. The highest BCUT2D eigenvalue weighted by atomic mass is 16.5. The number of hydrogen-bond donors (Lipinski definition) is 1. The van der Waals surface area contributed by atoms with Gasteiger partial charge in [-0.2, -0.15) is 0 Å². The molecule has 112 valence electrons. The van der Waals surface area contributed by atoms with Crippen molar-refractivity contribution in [2.45, 2.75) is 6.92 Å². The number of benzene rings is 1. The summed E-state index contributed by atoms with van der Waals surface area (Å²) in [4.78, 5) is 23.9. The third kappa shape index (κ3) is 2.76. The van der Waals surface area contributed by atoms with E-state index in [-0.39, 0.29) is 5.56 Å². The summed E-state index contributed by atoms with van der Waals surface area (Å²) in [6.45, 7) is 1.63. The number of nitrogens with zero attached hydrogens (tertiary/aromatic N) is 1. The number of aryl methyl sites for hydroxylation is 1. The summed E-state index contributed by atoms with van der Waals surface area (Å²) in [6.07, 6.45) is 0. The van der Waals surface area contributed by atoms with Gasteiger partial charge in [-0.05, 0) is 19.1 Å². The molecular formula is C14H16N2O5. The lowest BCUT2D eigenvalue weighted by atomic mass is 10.2. The Morgan fingerprint density at radius 3 is 2.52 bits per heavy atom. The van der Waals surface area contributed by atoms with Gasteiger partial charge in [0, 0.05) is 13.1 Å². The van der Waals surface area contributed by atoms with Crippen LogP contribution < -0.4 is 20.4 Å². The Morgan fingerprint density at radius 2 is 2.00 bits per heavy atom. The molecule has 0 aliphatic heterocycles. The van der Waals surface area contributed by atoms with Gasteiger partial charge in [-0.1, -0.05) is 0 Å². The molecule has 7 nitrogen and oxygen atoms in total. The van der Waals surface area contributed by atoms with Crippen LogP contribution in [-0.2, 0) is 7.05 Å². The van der Waals surface area contributed by atoms with E-state index in [1.165, 1.54) is 19.0 Å². The smallest absolute Gasteiger partial charge is 0.370 e. The van der Waals surface area contributed by atoms with Gasteiger partial charge in [0.25, 0.3) is 5.91 Å².